The Labute approximate surface area is 103 Å². The maximum absolute atomic E-state index is 11.5. The van der Waals surface area contributed by atoms with Gasteiger partial charge in [0.1, 0.15) is 5.60 Å². The largest absolute Gasteiger partial charge is 0.385 e. The van der Waals surface area contributed by atoms with Crippen LogP contribution >= 0.6 is 0 Å². The van der Waals surface area contributed by atoms with E-state index in [1.165, 1.54) is 0 Å². The summed E-state index contributed by atoms with van der Waals surface area (Å²) in [7, 11) is 0. The molecular formula is C12H24N2O3. The first kappa shape index (κ1) is 14.4. The number of hydrogen-bond donors (Lipinski definition) is 3. The van der Waals surface area contributed by atoms with Gasteiger partial charge in [0.25, 0.3) is 0 Å². The molecule has 1 aliphatic heterocycles. The first-order chi connectivity index (χ1) is 8.08. The van der Waals surface area contributed by atoms with Crippen LogP contribution < -0.4 is 11.1 Å². The van der Waals surface area contributed by atoms with E-state index in [0.717, 1.165) is 19.3 Å². The molecule has 1 heterocycles. The van der Waals surface area contributed by atoms with Crippen LogP contribution in [0.2, 0.25) is 0 Å². The molecule has 0 bridgehead atoms. The fraction of sp³-hybridized carbons (Fsp3) is 0.917. The van der Waals surface area contributed by atoms with Gasteiger partial charge in [-0.2, -0.15) is 0 Å². The lowest BCUT2D eigenvalue weighted by Gasteiger charge is -2.26. The van der Waals surface area contributed by atoms with E-state index in [-0.39, 0.29) is 18.6 Å². The molecule has 1 amide bonds. The highest BCUT2D eigenvalue weighted by atomic mass is 16.5. The molecule has 0 radical (unpaired) electrons. The predicted octanol–water partition coefficient (Wildman–Crippen LogP) is 0.162. The van der Waals surface area contributed by atoms with Gasteiger partial charge in [-0.25, -0.2) is 0 Å². The van der Waals surface area contributed by atoms with Gasteiger partial charge in [-0.1, -0.05) is 6.42 Å². The first-order valence-corrected chi connectivity index (χ1v) is 6.39. The molecule has 5 heteroatoms. The number of nitrogens with one attached hydrogen (secondary N) is 1. The third kappa shape index (κ3) is 4.61. The van der Waals surface area contributed by atoms with Crippen LogP contribution in [0.25, 0.3) is 0 Å². The third-order valence-corrected chi connectivity index (χ3v) is 3.36. The van der Waals surface area contributed by atoms with Crippen molar-refractivity contribution in [2.24, 2.45) is 5.73 Å². The van der Waals surface area contributed by atoms with Crippen molar-refractivity contribution in [3.8, 4) is 0 Å². The van der Waals surface area contributed by atoms with Crippen LogP contribution in [-0.4, -0.2) is 42.4 Å². The van der Waals surface area contributed by atoms with Gasteiger partial charge in [0.2, 0.25) is 5.91 Å². The topological polar surface area (TPSA) is 84.6 Å². The highest BCUT2D eigenvalue weighted by Crippen LogP contribution is 2.24. The minimum atomic E-state index is -0.896. The third-order valence-electron chi connectivity index (χ3n) is 3.36. The van der Waals surface area contributed by atoms with Gasteiger partial charge < -0.3 is 20.9 Å². The SMILES string of the molecule is CC1OCCC1(O)CNC(=O)CCCCCN. The molecule has 1 saturated heterocycles. The number of unbranched alkanes of at least 4 members (excludes halogenated alkanes) is 2. The average Bonchev–Trinajstić information content (AvgIpc) is 2.63. The van der Waals surface area contributed by atoms with Crippen molar-refractivity contribution < 1.29 is 14.6 Å². The molecule has 100 valence electrons. The number of nitrogens with two attached hydrogens (primary N) is 1. The summed E-state index contributed by atoms with van der Waals surface area (Å²) in [5.41, 5.74) is 4.48. The van der Waals surface area contributed by atoms with Crippen molar-refractivity contribution in [3.05, 3.63) is 0 Å². The summed E-state index contributed by atoms with van der Waals surface area (Å²) < 4.78 is 5.30. The quantitative estimate of drug-likeness (QED) is 0.557. The van der Waals surface area contributed by atoms with Gasteiger partial charge in [0.15, 0.2) is 0 Å². The predicted molar refractivity (Wildman–Crippen MR) is 65.5 cm³/mol. The Balaban J connectivity index is 2.15. The first-order valence-electron chi connectivity index (χ1n) is 6.39. The van der Waals surface area contributed by atoms with E-state index >= 15 is 0 Å². The molecular weight excluding hydrogens is 220 g/mol. The summed E-state index contributed by atoms with van der Waals surface area (Å²) in [5, 5.41) is 12.9. The van der Waals surface area contributed by atoms with E-state index in [2.05, 4.69) is 5.32 Å². The molecule has 17 heavy (non-hydrogen) atoms. The normalized spacial score (nSPS) is 28.3. The van der Waals surface area contributed by atoms with Crippen LogP contribution in [0.1, 0.15) is 39.0 Å². The van der Waals surface area contributed by atoms with E-state index in [1.807, 2.05) is 6.92 Å². The summed E-state index contributed by atoms with van der Waals surface area (Å²) in [4.78, 5) is 11.5. The number of carbonyl (C=O) groups excluding carboxylic acids is 1. The van der Waals surface area contributed by atoms with Crippen LogP contribution in [0.3, 0.4) is 0 Å². The zero-order valence-electron chi connectivity index (χ0n) is 10.6. The number of aliphatic hydroxyl groups is 1. The average molecular weight is 244 g/mol. The van der Waals surface area contributed by atoms with E-state index in [0.29, 0.717) is 26.0 Å². The van der Waals surface area contributed by atoms with E-state index in [1.54, 1.807) is 0 Å². The number of carbonyl (C=O) groups is 1. The van der Waals surface area contributed by atoms with Crippen molar-refractivity contribution >= 4 is 5.91 Å². The van der Waals surface area contributed by atoms with E-state index in [9.17, 15) is 9.90 Å². The highest BCUT2D eigenvalue weighted by Gasteiger charge is 2.39. The zero-order chi connectivity index (χ0) is 12.7. The molecule has 1 aliphatic rings. The van der Waals surface area contributed by atoms with E-state index in [4.69, 9.17) is 10.5 Å². The molecule has 0 aromatic carbocycles. The maximum Gasteiger partial charge on any atom is 0.220 e. The summed E-state index contributed by atoms with van der Waals surface area (Å²) in [5.74, 6) is -0.00505. The Morgan fingerprint density at radius 1 is 1.53 bits per heavy atom. The van der Waals surface area contributed by atoms with Crippen molar-refractivity contribution in [1.82, 2.24) is 5.32 Å². The molecule has 1 fully saturated rings. The van der Waals surface area contributed by atoms with Crippen molar-refractivity contribution in [2.45, 2.75) is 50.7 Å². The molecule has 2 unspecified atom stereocenters. The van der Waals surface area contributed by atoms with Gasteiger partial charge in [0, 0.05) is 26.0 Å². The van der Waals surface area contributed by atoms with Gasteiger partial charge >= 0.3 is 0 Å². The summed E-state index contributed by atoms with van der Waals surface area (Å²) in [6.07, 6.45) is 3.68. The van der Waals surface area contributed by atoms with Crippen LogP contribution in [0.15, 0.2) is 0 Å². The maximum atomic E-state index is 11.5. The Morgan fingerprint density at radius 2 is 2.29 bits per heavy atom. The molecule has 0 aromatic heterocycles. The molecule has 0 spiro atoms. The van der Waals surface area contributed by atoms with Crippen molar-refractivity contribution in [2.75, 3.05) is 19.7 Å². The van der Waals surface area contributed by atoms with E-state index < -0.39 is 5.60 Å². The molecule has 0 saturated carbocycles. The molecule has 4 N–H and O–H groups in total. The minimum Gasteiger partial charge on any atom is -0.385 e. The second-order valence-corrected chi connectivity index (χ2v) is 4.74. The van der Waals surface area contributed by atoms with Crippen LogP contribution in [0.5, 0.6) is 0 Å². The smallest absolute Gasteiger partial charge is 0.220 e. The minimum absolute atomic E-state index is 0.00505. The summed E-state index contributed by atoms with van der Waals surface area (Å²) in [6.45, 7) is 3.35. The Bertz CT molecular complexity index is 248. The fourth-order valence-corrected chi connectivity index (χ4v) is 1.95. The standard InChI is InChI=1S/C12H24N2O3/c1-10-12(16,6-8-17-10)9-14-11(15)5-3-2-4-7-13/h10,16H,2-9,13H2,1H3,(H,14,15). The van der Waals surface area contributed by atoms with Gasteiger partial charge in [-0.15, -0.1) is 0 Å². The highest BCUT2D eigenvalue weighted by molar-refractivity contribution is 5.75. The second-order valence-electron chi connectivity index (χ2n) is 4.74. The Hall–Kier alpha value is -0.650. The van der Waals surface area contributed by atoms with Gasteiger partial charge in [-0.05, 0) is 26.3 Å². The molecule has 2 atom stereocenters. The Kier molecular flexibility index (Phi) is 5.88. The molecule has 1 rings (SSSR count). The zero-order valence-corrected chi connectivity index (χ0v) is 10.6. The molecule has 0 aromatic rings. The molecule has 0 aliphatic carbocycles. The lowest BCUT2D eigenvalue weighted by Crippen LogP contribution is -2.47. The number of rotatable bonds is 7. The Morgan fingerprint density at radius 3 is 2.88 bits per heavy atom. The van der Waals surface area contributed by atoms with Crippen molar-refractivity contribution in [1.29, 1.82) is 0 Å². The fourth-order valence-electron chi connectivity index (χ4n) is 1.95. The number of amides is 1. The summed E-state index contributed by atoms with van der Waals surface area (Å²) >= 11 is 0. The monoisotopic (exact) mass is 244 g/mol. The van der Waals surface area contributed by atoms with Gasteiger partial charge in [-0.3, -0.25) is 4.79 Å². The summed E-state index contributed by atoms with van der Waals surface area (Å²) in [6, 6.07) is 0. The van der Waals surface area contributed by atoms with Gasteiger partial charge in [0.05, 0.1) is 6.10 Å². The number of hydrogen-bond acceptors (Lipinski definition) is 4. The van der Waals surface area contributed by atoms with Crippen molar-refractivity contribution in [3.63, 3.8) is 0 Å². The number of ether oxygens (including phenoxy) is 1. The lowest BCUT2D eigenvalue weighted by molar-refractivity contribution is -0.123. The lowest BCUT2D eigenvalue weighted by atomic mass is 9.96. The van der Waals surface area contributed by atoms with Crippen LogP contribution in [0, 0.1) is 0 Å². The second kappa shape index (κ2) is 6.93. The van der Waals surface area contributed by atoms with Crippen LogP contribution in [-0.2, 0) is 9.53 Å². The molecule has 5 nitrogen and oxygen atoms in total. The van der Waals surface area contributed by atoms with Crippen LogP contribution in [0.4, 0.5) is 0 Å².